The van der Waals surface area contributed by atoms with E-state index < -0.39 is 5.60 Å². The summed E-state index contributed by atoms with van der Waals surface area (Å²) in [5.41, 5.74) is 2.02. The van der Waals surface area contributed by atoms with Crippen LogP contribution in [0.15, 0.2) is 54.6 Å². The number of ether oxygens (including phenoxy) is 1. The van der Waals surface area contributed by atoms with E-state index in [9.17, 15) is 9.59 Å². The highest BCUT2D eigenvalue weighted by Gasteiger charge is 2.34. The molecule has 26 heavy (non-hydrogen) atoms. The van der Waals surface area contributed by atoms with Gasteiger partial charge in [0.1, 0.15) is 5.60 Å². The molecule has 0 aromatic heterocycles. The lowest BCUT2D eigenvalue weighted by atomic mass is 9.98. The fourth-order valence-electron chi connectivity index (χ4n) is 2.86. The Morgan fingerprint density at radius 1 is 1.00 bits per heavy atom. The van der Waals surface area contributed by atoms with E-state index in [1.807, 2.05) is 75.4 Å². The van der Waals surface area contributed by atoms with Gasteiger partial charge in [-0.3, -0.25) is 4.79 Å². The van der Waals surface area contributed by atoms with Crippen LogP contribution in [0.2, 0.25) is 0 Å². The highest BCUT2D eigenvalue weighted by molar-refractivity contribution is 6.01. The van der Waals surface area contributed by atoms with Crippen LogP contribution in [0.25, 0.3) is 11.1 Å². The molecule has 0 saturated carbocycles. The number of benzene rings is 2. The van der Waals surface area contributed by atoms with Gasteiger partial charge in [-0.25, -0.2) is 4.79 Å². The van der Waals surface area contributed by atoms with Gasteiger partial charge in [-0.15, -0.1) is 0 Å². The molecule has 1 N–H and O–H groups in total. The average molecular weight is 352 g/mol. The summed E-state index contributed by atoms with van der Waals surface area (Å²) >= 11 is 0. The lowest BCUT2D eigenvalue weighted by Gasteiger charge is -2.40. The smallest absolute Gasteiger partial charge is 0.410 e. The third kappa shape index (κ3) is 4.23. The molecule has 2 aromatic carbocycles. The molecule has 3 rings (SSSR count). The van der Waals surface area contributed by atoms with Gasteiger partial charge in [-0.1, -0.05) is 48.5 Å². The number of rotatable bonds is 3. The predicted molar refractivity (Wildman–Crippen MR) is 101 cm³/mol. The van der Waals surface area contributed by atoms with Crippen LogP contribution in [0.5, 0.6) is 0 Å². The predicted octanol–water partition coefficient (Wildman–Crippen LogP) is 3.70. The standard InChI is InChI=1S/C21H24N2O3/c1-21(2,3)26-20(25)23-13-16(14-23)22-19(24)18-12-8-7-11-17(18)15-9-5-4-6-10-15/h4-12,16H,13-14H2,1-3H3,(H,22,24). The summed E-state index contributed by atoms with van der Waals surface area (Å²) in [5, 5.41) is 3.00. The van der Waals surface area contributed by atoms with Crippen molar-refractivity contribution in [2.45, 2.75) is 32.4 Å². The Hall–Kier alpha value is -2.82. The number of carbonyl (C=O) groups is 2. The Bertz CT molecular complexity index is 790. The fraction of sp³-hybridized carbons (Fsp3) is 0.333. The van der Waals surface area contributed by atoms with Crippen LogP contribution in [0.4, 0.5) is 4.79 Å². The number of amides is 2. The van der Waals surface area contributed by atoms with E-state index in [0.717, 1.165) is 11.1 Å². The number of hydrogen-bond donors (Lipinski definition) is 1. The largest absolute Gasteiger partial charge is 0.444 e. The van der Waals surface area contributed by atoms with E-state index in [-0.39, 0.29) is 18.0 Å². The zero-order valence-corrected chi connectivity index (χ0v) is 15.4. The molecule has 5 heteroatoms. The molecule has 0 atom stereocenters. The van der Waals surface area contributed by atoms with Gasteiger partial charge in [0.25, 0.3) is 5.91 Å². The molecule has 0 aliphatic carbocycles. The average Bonchev–Trinajstić information content (AvgIpc) is 2.56. The monoisotopic (exact) mass is 352 g/mol. The maximum Gasteiger partial charge on any atom is 0.410 e. The molecule has 0 radical (unpaired) electrons. The van der Waals surface area contributed by atoms with Crippen LogP contribution in [0.3, 0.4) is 0 Å². The number of carbonyl (C=O) groups excluding carboxylic acids is 2. The first-order valence-electron chi connectivity index (χ1n) is 8.77. The van der Waals surface area contributed by atoms with Crippen LogP contribution in [-0.4, -0.2) is 41.6 Å². The first-order chi connectivity index (χ1) is 12.3. The Morgan fingerprint density at radius 3 is 2.27 bits per heavy atom. The van der Waals surface area contributed by atoms with E-state index in [2.05, 4.69) is 5.32 Å². The molecule has 0 bridgehead atoms. The van der Waals surface area contributed by atoms with Crippen LogP contribution < -0.4 is 5.32 Å². The van der Waals surface area contributed by atoms with Crippen molar-refractivity contribution in [1.82, 2.24) is 10.2 Å². The molecule has 2 amide bonds. The summed E-state index contributed by atoms with van der Waals surface area (Å²) in [6, 6.07) is 17.3. The maximum absolute atomic E-state index is 12.7. The number of nitrogens with one attached hydrogen (secondary N) is 1. The first kappa shape index (κ1) is 18.0. The van der Waals surface area contributed by atoms with Crippen molar-refractivity contribution in [3.63, 3.8) is 0 Å². The normalized spacial score (nSPS) is 14.5. The Labute approximate surface area is 154 Å². The molecular weight excluding hydrogens is 328 g/mol. The quantitative estimate of drug-likeness (QED) is 0.916. The van der Waals surface area contributed by atoms with Crippen molar-refractivity contribution in [2.75, 3.05) is 13.1 Å². The van der Waals surface area contributed by atoms with Crippen molar-refractivity contribution in [1.29, 1.82) is 0 Å². The summed E-state index contributed by atoms with van der Waals surface area (Å²) in [6.07, 6.45) is -0.340. The maximum atomic E-state index is 12.7. The van der Waals surface area contributed by atoms with Crippen molar-refractivity contribution >= 4 is 12.0 Å². The molecule has 1 aliphatic heterocycles. The van der Waals surface area contributed by atoms with Gasteiger partial charge in [-0.2, -0.15) is 0 Å². The summed E-state index contributed by atoms with van der Waals surface area (Å²) < 4.78 is 5.33. The Morgan fingerprint density at radius 2 is 1.62 bits per heavy atom. The minimum Gasteiger partial charge on any atom is -0.444 e. The highest BCUT2D eigenvalue weighted by atomic mass is 16.6. The Balaban J connectivity index is 1.62. The first-order valence-corrected chi connectivity index (χ1v) is 8.77. The van der Waals surface area contributed by atoms with Crippen LogP contribution in [-0.2, 0) is 4.74 Å². The van der Waals surface area contributed by atoms with Gasteiger partial charge in [0.15, 0.2) is 0 Å². The van der Waals surface area contributed by atoms with Gasteiger partial charge in [0, 0.05) is 18.7 Å². The third-order valence-corrected chi connectivity index (χ3v) is 4.12. The second-order valence-corrected chi connectivity index (χ2v) is 7.47. The van der Waals surface area contributed by atoms with E-state index in [0.29, 0.717) is 18.7 Å². The van der Waals surface area contributed by atoms with Gasteiger partial charge in [0.05, 0.1) is 6.04 Å². The van der Waals surface area contributed by atoms with Gasteiger partial charge in [0.2, 0.25) is 0 Å². The van der Waals surface area contributed by atoms with E-state index in [1.165, 1.54) is 0 Å². The molecule has 1 saturated heterocycles. The topological polar surface area (TPSA) is 58.6 Å². The molecular formula is C21H24N2O3. The van der Waals surface area contributed by atoms with Crippen LogP contribution in [0.1, 0.15) is 31.1 Å². The zero-order valence-electron chi connectivity index (χ0n) is 15.4. The summed E-state index contributed by atoms with van der Waals surface area (Å²) in [6.45, 7) is 6.45. The van der Waals surface area contributed by atoms with Gasteiger partial charge in [-0.05, 0) is 38.0 Å². The molecule has 136 valence electrons. The summed E-state index contributed by atoms with van der Waals surface area (Å²) in [5.74, 6) is -0.127. The van der Waals surface area contributed by atoms with Crippen molar-refractivity contribution in [3.8, 4) is 11.1 Å². The summed E-state index contributed by atoms with van der Waals surface area (Å²) in [4.78, 5) is 26.3. The summed E-state index contributed by atoms with van der Waals surface area (Å²) in [7, 11) is 0. The third-order valence-electron chi connectivity index (χ3n) is 4.12. The van der Waals surface area contributed by atoms with Gasteiger partial charge >= 0.3 is 6.09 Å². The van der Waals surface area contributed by atoms with Crippen molar-refractivity contribution in [2.24, 2.45) is 0 Å². The molecule has 5 nitrogen and oxygen atoms in total. The molecule has 2 aromatic rings. The second-order valence-electron chi connectivity index (χ2n) is 7.47. The lowest BCUT2D eigenvalue weighted by molar-refractivity contribution is 0.00533. The van der Waals surface area contributed by atoms with Crippen molar-refractivity contribution in [3.05, 3.63) is 60.2 Å². The van der Waals surface area contributed by atoms with Crippen LogP contribution in [0, 0.1) is 0 Å². The van der Waals surface area contributed by atoms with E-state index in [1.54, 1.807) is 4.90 Å². The minimum absolute atomic E-state index is 0.0566. The Kier molecular flexibility index (Phi) is 4.98. The molecule has 1 aliphatic rings. The van der Waals surface area contributed by atoms with E-state index >= 15 is 0 Å². The number of hydrogen-bond acceptors (Lipinski definition) is 3. The fourth-order valence-corrected chi connectivity index (χ4v) is 2.86. The molecule has 0 unspecified atom stereocenters. The lowest BCUT2D eigenvalue weighted by Crippen LogP contribution is -2.61. The molecule has 1 heterocycles. The number of likely N-dealkylation sites (tertiary alicyclic amines) is 1. The molecule has 0 spiro atoms. The second kappa shape index (κ2) is 7.20. The highest BCUT2D eigenvalue weighted by Crippen LogP contribution is 2.24. The van der Waals surface area contributed by atoms with E-state index in [4.69, 9.17) is 4.74 Å². The SMILES string of the molecule is CC(C)(C)OC(=O)N1CC(NC(=O)c2ccccc2-c2ccccc2)C1. The van der Waals surface area contributed by atoms with Crippen LogP contribution >= 0.6 is 0 Å². The van der Waals surface area contributed by atoms with Crippen molar-refractivity contribution < 1.29 is 14.3 Å². The minimum atomic E-state index is -0.514. The zero-order chi connectivity index (χ0) is 18.7. The number of nitrogens with zero attached hydrogens (tertiary/aromatic N) is 1. The van der Waals surface area contributed by atoms with Gasteiger partial charge < -0.3 is 15.0 Å². The molecule has 1 fully saturated rings.